The molecule has 1 saturated carbocycles. The fraction of sp³-hybridized carbons (Fsp3) is 0.562. The van der Waals surface area contributed by atoms with Gasteiger partial charge in [-0.2, -0.15) is 0 Å². The van der Waals surface area contributed by atoms with E-state index in [1.54, 1.807) is 18.6 Å². The van der Waals surface area contributed by atoms with Gasteiger partial charge in [0.25, 0.3) is 0 Å². The number of nitrogens with zero attached hydrogens (tertiary/aromatic N) is 3. The molecule has 0 atom stereocenters. The van der Waals surface area contributed by atoms with Crippen LogP contribution in [0.25, 0.3) is 0 Å². The van der Waals surface area contributed by atoms with E-state index in [1.165, 1.54) is 0 Å². The predicted octanol–water partition coefficient (Wildman–Crippen LogP) is 0.432. The third kappa shape index (κ3) is 4.06. The molecule has 1 aromatic heterocycles. The van der Waals surface area contributed by atoms with Gasteiger partial charge in [0.15, 0.2) is 0 Å². The maximum absolute atomic E-state index is 12.0. The van der Waals surface area contributed by atoms with E-state index in [1.807, 2.05) is 0 Å². The lowest BCUT2D eigenvalue weighted by Gasteiger charge is -2.29. The number of amides is 3. The summed E-state index contributed by atoms with van der Waals surface area (Å²) in [7, 11) is 0. The van der Waals surface area contributed by atoms with Gasteiger partial charge < -0.3 is 10.1 Å². The Labute approximate surface area is 139 Å². The van der Waals surface area contributed by atoms with Crippen LogP contribution in [0.2, 0.25) is 0 Å². The lowest BCUT2D eigenvalue weighted by atomic mass is 9.93. The van der Waals surface area contributed by atoms with Crippen molar-refractivity contribution in [3.8, 4) is 5.88 Å². The zero-order valence-corrected chi connectivity index (χ0v) is 13.3. The molecular weight excluding hydrogens is 312 g/mol. The van der Waals surface area contributed by atoms with Crippen molar-refractivity contribution >= 4 is 17.7 Å². The highest BCUT2D eigenvalue weighted by molar-refractivity contribution is 6.04. The average molecular weight is 332 g/mol. The second-order valence-corrected chi connectivity index (χ2v) is 6.08. The molecule has 128 valence electrons. The molecule has 3 amide bonds. The average Bonchev–Trinajstić information content (AvgIpc) is 2.89. The minimum atomic E-state index is -0.281. The molecule has 8 nitrogen and oxygen atoms in total. The molecule has 2 aliphatic rings. The summed E-state index contributed by atoms with van der Waals surface area (Å²) in [4.78, 5) is 44.2. The molecule has 1 aromatic rings. The van der Waals surface area contributed by atoms with Gasteiger partial charge in [-0.15, -0.1) is 0 Å². The first-order valence-corrected chi connectivity index (χ1v) is 8.17. The van der Waals surface area contributed by atoms with Crippen LogP contribution in [0.1, 0.15) is 38.5 Å². The Hall–Kier alpha value is -2.51. The highest BCUT2D eigenvalue weighted by Gasteiger charge is 2.31. The maximum atomic E-state index is 12.0. The van der Waals surface area contributed by atoms with Crippen LogP contribution in [-0.4, -0.2) is 51.3 Å². The first-order valence-electron chi connectivity index (χ1n) is 8.17. The smallest absolute Gasteiger partial charge is 0.240 e. The summed E-state index contributed by atoms with van der Waals surface area (Å²) in [5.41, 5.74) is 0. The van der Waals surface area contributed by atoms with Crippen LogP contribution >= 0.6 is 0 Å². The van der Waals surface area contributed by atoms with Crippen molar-refractivity contribution in [1.82, 2.24) is 20.2 Å². The molecule has 1 aliphatic heterocycles. The zero-order chi connectivity index (χ0) is 16.9. The highest BCUT2D eigenvalue weighted by Crippen LogP contribution is 2.22. The minimum Gasteiger partial charge on any atom is -0.473 e. The topological polar surface area (TPSA) is 101 Å². The fourth-order valence-corrected chi connectivity index (χ4v) is 3.06. The van der Waals surface area contributed by atoms with Gasteiger partial charge in [-0.1, -0.05) is 0 Å². The van der Waals surface area contributed by atoms with Gasteiger partial charge in [0, 0.05) is 31.3 Å². The van der Waals surface area contributed by atoms with Gasteiger partial charge in [0.2, 0.25) is 23.6 Å². The van der Waals surface area contributed by atoms with Crippen molar-refractivity contribution in [3.05, 3.63) is 18.6 Å². The summed E-state index contributed by atoms with van der Waals surface area (Å²) < 4.78 is 5.76. The van der Waals surface area contributed by atoms with Crippen molar-refractivity contribution in [2.75, 3.05) is 6.54 Å². The van der Waals surface area contributed by atoms with Crippen molar-refractivity contribution in [2.24, 2.45) is 0 Å². The van der Waals surface area contributed by atoms with Crippen LogP contribution in [0.15, 0.2) is 18.6 Å². The van der Waals surface area contributed by atoms with E-state index >= 15 is 0 Å². The van der Waals surface area contributed by atoms with E-state index in [-0.39, 0.29) is 49.3 Å². The molecule has 1 aliphatic carbocycles. The fourth-order valence-electron chi connectivity index (χ4n) is 3.06. The van der Waals surface area contributed by atoms with Crippen molar-refractivity contribution in [3.63, 3.8) is 0 Å². The van der Waals surface area contributed by atoms with Crippen LogP contribution < -0.4 is 10.1 Å². The largest absolute Gasteiger partial charge is 0.473 e. The van der Waals surface area contributed by atoms with Crippen LogP contribution in [0.4, 0.5) is 0 Å². The molecule has 1 N–H and O–H groups in total. The molecule has 0 aromatic carbocycles. The summed E-state index contributed by atoms with van der Waals surface area (Å²) in [5, 5.41) is 2.90. The lowest BCUT2D eigenvalue weighted by molar-refractivity contribution is -0.142. The molecule has 24 heavy (non-hydrogen) atoms. The SMILES string of the molecule is O=C(CN1C(=O)CCC1=O)NC1CCC(Oc2cnccn2)CC1. The number of likely N-dealkylation sites (tertiary alicyclic amines) is 1. The quantitative estimate of drug-likeness (QED) is 0.785. The number of hydrogen-bond donors (Lipinski definition) is 1. The first-order chi connectivity index (χ1) is 11.6. The second kappa shape index (κ2) is 7.37. The Kier molecular flexibility index (Phi) is 5.02. The number of nitrogens with one attached hydrogen (secondary N) is 1. The Morgan fingerprint density at radius 2 is 1.88 bits per heavy atom. The van der Waals surface area contributed by atoms with Gasteiger partial charge in [-0.25, -0.2) is 4.98 Å². The number of rotatable bonds is 5. The second-order valence-electron chi connectivity index (χ2n) is 6.08. The lowest BCUT2D eigenvalue weighted by Crippen LogP contribution is -2.45. The number of carbonyl (C=O) groups excluding carboxylic acids is 3. The summed E-state index contributed by atoms with van der Waals surface area (Å²) in [6, 6.07) is 0.0482. The van der Waals surface area contributed by atoms with E-state index in [4.69, 9.17) is 4.74 Å². The van der Waals surface area contributed by atoms with Crippen molar-refractivity contribution in [1.29, 1.82) is 0 Å². The predicted molar refractivity (Wildman–Crippen MR) is 82.8 cm³/mol. The standard InChI is InChI=1S/C16H20N4O4/c21-13(10-20-15(22)5-6-16(20)23)19-11-1-3-12(4-2-11)24-14-9-17-7-8-18-14/h7-9,11-12H,1-6,10H2,(H,19,21). The number of aromatic nitrogens is 2. The Morgan fingerprint density at radius 1 is 1.17 bits per heavy atom. The van der Waals surface area contributed by atoms with Crippen LogP contribution in [-0.2, 0) is 14.4 Å². The van der Waals surface area contributed by atoms with E-state index in [0.717, 1.165) is 30.6 Å². The Balaban J connectivity index is 1.41. The van der Waals surface area contributed by atoms with E-state index in [2.05, 4.69) is 15.3 Å². The first kappa shape index (κ1) is 16.4. The van der Waals surface area contributed by atoms with Crippen LogP contribution in [0.5, 0.6) is 5.88 Å². The maximum Gasteiger partial charge on any atom is 0.240 e. The third-order valence-electron chi connectivity index (χ3n) is 4.32. The normalized spacial score (nSPS) is 24.1. The molecule has 3 rings (SSSR count). The summed E-state index contributed by atoms with van der Waals surface area (Å²) in [6.45, 7) is -0.173. The molecule has 0 radical (unpaired) electrons. The number of imide groups is 1. The van der Waals surface area contributed by atoms with Gasteiger partial charge in [-0.05, 0) is 25.7 Å². The van der Waals surface area contributed by atoms with E-state index in [0.29, 0.717) is 5.88 Å². The summed E-state index contributed by atoms with van der Waals surface area (Å²) in [6.07, 6.45) is 8.43. The monoisotopic (exact) mass is 332 g/mol. The van der Waals surface area contributed by atoms with Gasteiger partial charge in [-0.3, -0.25) is 24.3 Å². The number of ether oxygens (including phenoxy) is 1. The van der Waals surface area contributed by atoms with Gasteiger partial charge >= 0.3 is 0 Å². The molecule has 1 saturated heterocycles. The molecular formula is C16H20N4O4. The summed E-state index contributed by atoms with van der Waals surface area (Å²) in [5.74, 6) is -0.305. The van der Waals surface area contributed by atoms with Gasteiger partial charge in [0.05, 0.1) is 6.20 Å². The van der Waals surface area contributed by atoms with Gasteiger partial charge in [0.1, 0.15) is 12.6 Å². The van der Waals surface area contributed by atoms with E-state index in [9.17, 15) is 14.4 Å². The number of carbonyl (C=O) groups is 3. The molecule has 0 spiro atoms. The van der Waals surface area contributed by atoms with Crippen molar-refractivity contribution in [2.45, 2.75) is 50.7 Å². The molecule has 2 heterocycles. The molecule has 0 unspecified atom stereocenters. The number of hydrogen-bond acceptors (Lipinski definition) is 6. The molecule has 2 fully saturated rings. The van der Waals surface area contributed by atoms with Crippen LogP contribution in [0, 0.1) is 0 Å². The Morgan fingerprint density at radius 3 is 2.50 bits per heavy atom. The summed E-state index contributed by atoms with van der Waals surface area (Å²) >= 11 is 0. The molecule has 0 bridgehead atoms. The zero-order valence-electron chi connectivity index (χ0n) is 13.3. The van der Waals surface area contributed by atoms with E-state index < -0.39 is 0 Å². The minimum absolute atomic E-state index is 0.0482. The Bertz CT molecular complexity index is 598. The van der Waals surface area contributed by atoms with Crippen molar-refractivity contribution < 1.29 is 19.1 Å². The third-order valence-corrected chi connectivity index (χ3v) is 4.32. The highest BCUT2D eigenvalue weighted by atomic mass is 16.5. The molecule has 8 heteroatoms. The van der Waals surface area contributed by atoms with Crippen LogP contribution in [0.3, 0.4) is 0 Å².